The lowest BCUT2D eigenvalue weighted by molar-refractivity contribution is -0.122. The number of aliphatic hydroxyl groups is 1. The Kier molecular flexibility index (Phi) is 5.15. The maximum Gasteiger partial charge on any atom is 0.225 e. The molecule has 0 aromatic carbocycles. The Balaban J connectivity index is 2.52. The largest absolute Gasteiger partial charge is 0.396 e. The number of carbonyl (C=O) groups excluding carboxylic acids is 1. The number of thiophene rings is 1. The van der Waals surface area contributed by atoms with Crippen LogP contribution in [0, 0.1) is 5.41 Å². The van der Waals surface area contributed by atoms with Crippen molar-refractivity contribution in [3.05, 3.63) is 22.4 Å². The molecule has 0 aliphatic heterocycles. The predicted molar refractivity (Wildman–Crippen MR) is 71.1 cm³/mol. The molecule has 0 bridgehead atoms. The van der Waals surface area contributed by atoms with Crippen LogP contribution in [-0.4, -0.2) is 23.7 Å². The van der Waals surface area contributed by atoms with E-state index in [2.05, 4.69) is 26.1 Å². The molecule has 0 fully saturated rings. The van der Waals surface area contributed by atoms with Gasteiger partial charge in [-0.25, -0.2) is 0 Å². The van der Waals surface area contributed by atoms with E-state index in [1.165, 1.54) is 0 Å². The average molecular weight is 255 g/mol. The molecule has 4 heteroatoms. The van der Waals surface area contributed by atoms with Crippen LogP contribution in [0.5, 0.6) is 0 Å². The number of aliphatic hydroxyl groups excluding tert-OH is 1. The molecular weight excluding hydrogens is 234 g/mol. The number of nitrogens with one attached hydrogen (secondary N) is 1. The van der Waals surface area contributed by atoms with E-state index in [-0.39, 0.29) is 24.0 Å². The average Bonchev–Trinajstić information content (AvgIpc) is 2.68. The Labute approximate surface area is 107 Å². The van der Waals surface area contributed by atoms with Crippen LogP contribution in [0.4, 0.5) is 0 Å². The number of hydrogen-bond donors (Lipinski definition) is 2. The molecule has 0 spiro atoms. The van der Waals surface area contributed by atoms with Gasteiger partial charge in [0, 0.05) is 17.5 Å². The molecule has 0 aliphatic carbocycles. The smallest absolute Gasteiger partial charge is 0.225 e. The van der Waals surface area contributed by atoms with Crippen molar-refractivity contribution in [3.8, 4) is 0 Å². The molecule has 0 aliphatic rings. The van der Waals surface area contributed by atoms with E-state index in [4.69, 9.17) is 5.11 Å². The zero-order valence-electron chi connectivity index (χ0n) is 10.7. The first-order chi connectivity index (χ1) is 7.93. The fourth-order valence-electron chi connectivity index (χ4n) is 1.67. The van der Waals surface area contributed by atoms with E-state index >= 15 is 0 Å². The summed E-state index contributed by atoms with van der Waals surface area (Å²) in [4.78, 5) is 12.9. The van der Waals surface area contributed by atoms with E-state index < -0.39 is 0 Å². The van der Waals surface area contributed by atoms with Gasteiger partial charge in [0.05, 0.1) is 6.42 Å². The van der Waals surface area contributed by atoms with E-state index in [9.17, 15) is 4.79 Å². The first-order valence-electron chi connectivity index (χ1n) is 5.86. The minimum absolute atomic E-state index is 0.0139. The molecule has 3 nitrogen and oxygen atoms in total. The third-order valence-corrected chi connectivity index (χ3v) is 3.59. The highest BCUT2D eigenvalue weighted by molar-refractivity contribution is 7.10. The van der Waals surface area contributed by atoms with Crippen molar-refractivity contribution in [1.82, 2.24) is 5.32 Å². The van der Waals surface area contributed by atoms with Crippen LogP contribution in [0.2, 0.25) is 0 Å². The summed E-state index contributed by atoms with van der Waals surface area (Å²) in [5.41, 5.74) is -0.0339. The van der Waals surface area contributed by atoms with Gasteiger partial charge in [0.25, 0.3) is 0 Å². The molecule has 17 heavy (non-hydrogen) atoms. The van der Waals surface area contributed by atoms with Gasteiger partial charge in [-0.2, -0.15) is 0 Å². The summed E-state index contributed by atoms with van der Waals surface area (Å²) in [5, 5.41) is 14.0. The van der Waals surface area contributed by atoms with Crippen LogP contribution in [-0.2, 0) is 11.2 Å². The first kappa shape index (κ1) is 14.2. The molecule has 1 amide bonds. The van der Waals surface area contributed by atoms with Crippen LogP contribution < -0.4 is 5.32 Å². The quantitative estimate of drug-likeness (QED) is 0.847. The lowest BCUT2D eigenvalue weighted by Gasteiger charge is -2.31. The SMILES string of the molecule is CC(C)(C)C(CCO)NC(=O)Cc1cccs1. The Hall–Kier alpha value is -0.870. The lowest BCUT2D eigenvalue weighted by Crippen LogP contribution is -2.44. The molecule has 1 aromatic heterocycles. The Bertz CT molecular complexity index is 341. The zero-order chi connectivity index (χ0) is 12.9. The van der Waals surface area contributed by atoms with Gasteiger partial charge in [-0.3, -0.25) is 4.79 Å². The van der Waals surface area contributed by atoms with Crippen molar-refractivity contribution in [2.45, 2.75) is 39.7 Å². The summed E-state index contributed by atoms with van der Waals surface area (Å²) in [5.74, 6) is 0.0285. The molecular formula is C13H21NO2S. The second kappa shape index (κ2) is 6.17. The van der Waals surface area contributed by atoms with E-state index in [0.29, 0.717) is 12.8 Å². The van der Waals surface area contributed by atoms with Crippen LogP contribution in [0.25, 0.3) is 0 Å². The lowest BCUT2D eigenvalue weighted by atomic mass is 9.85. The second-order valence-corrected chi connectivity index (χ2v) is 6.29. The van der Waals surface area contributed by atoms with E-state index in [1.54, 1.807) is 11.3 Å². The Morgan fingerprint density at radius 2 is 2.24 bits per heavy atom. The molecule has 0 saturated carbocycles. The molecule has 1 rings (SSSR count). The summed E-state index contributed by atoms with van der Waals surface area (Å²) in [7, 11) is 0. The number of rotatable bonds is 5. The fourth-order valence-corrected chi connectivity index (χ4v) is 2.37. The predicted octanol–water partition coefficient (Wildman–Crippen LogP) is 2.20. The highest BCUT2D eigenvalue weighted by atomic mass is 32.1. The third-order valence-electron chi connectivity index (χ3n) is 2.71. The van der Waals surface area contributed by atoms with Crippen molar-refractivity contribution >= 4 is 17.2 Å². The minimum Gasteiger partial charge on any atom is -0.396 e. The summed E-state index contributed by atoms with van der Waals surface area (Å²) in [6, 6.07) is 3.92. The van der Waals surface area contributed by atoms with Crippen molar-refractivity contribution < 1.29 is 9.90 Å². The van der Waals surface area contributed by atoms with Crippen molar-refractivity contribution in [3.63, 3.8) is 0 Å². The van der Waals surface area contributed by atoms with Crippen LogP contribution >= 0.6 is 11.3 Å². The first-order valence-corrected chi connectivity index (χ1v) is 6.74. The fraction of sp³-hybridized carbons (Fsp3) is 0.615. The van der Waals surface area contributed by atoms with Crippen LogP contribution in [0.1, 0.15) is 32.1 Å². The monoisotopic (exact) mass is 255 g/mol. The summed E-state index contributed by atoms with van der Waals surface area (Å²) < 4.78 is 0. The zero-order valence-corrected chi connectivity index (χ0v) is 11.5. The Morgan fingerprint density at radius 1 is 1.53 bits per heavy atom. The molecule has 1 aromatic rings. The number of hydrogen-bond acceptors (Lipinski definition) is 3. The van der Waals surface area contributed by atoms with Crippen LogP contribution in [0.3, 0.4) is 0 Å². The third kappa shape index (κ3) is 4.88. The van der Waals surface area contributed by atoms with Crippen molar-refractivity contribution in [2.24, 2.45) is 5.41 Å². The van der Waals surface area contributed by atoms with Gasteiger partial charge in [0.15, 0.2) is 0 Å². The maximum atomic E-state index is 11.9. The molecule has 2 N–H and O–H groups in total. The van der Waals surface area contributed by atoms with Gasteiger partial charge in [0.1, 0.15) is 0 Å². The van der Waals surface area contributed by atoms with E-state index in [0.717, 1.165) is 4.88 Å². The molecule has 1 unspecified atom stereocenters. The van der Waals surface area contributed by atoms with Crippen molar-refractivity contribution in [2.75, 3.05) is 6.61 Å². The van der Waals surface area contributed by atoms with Crippen molar-refractivity contribution in [1.29, 1.82) is 0 Å². The summed E-state index contributed by atoms with van der Waals surface area (Å²) in [6.07, 6.45) is 1.02. The second-order valence-electron chi connectivity index (χ2n) is 5.25. The standard InChI is InChI=1S/C13H21NO2S/c1-13(2,3)11(6-7-15)14-12(16)9-10-5-4-8-17-10/h4-5,8,11,15H,6-7,9H2,1-3H3,(H,14,16). The highest BCUT2D eigenvalue weighted by Gasteiger charge is 2.25. The van der Waals surface area contributed by atoms with Gasteiger partial charge < -0.3 is 10.4 Å². The summed E-state index contributed by atoms with van der Waals surface area (Å²) >= 11 is 1.59. The van der Waals surface area contributed by atoms with Gasteiger partial charge in [-0.15, -0.1) is 11.3 Å². The molecule has 1 heterocycles. The molecule has 1 atom stereocenters. The van der Waals surface area contributed by atoms with Gasteiger partial charge in [-0.1, -0.05) is 26.8 Å². The number of carbonyl (C=O) groups is 1. The number of amides is 1. The molecule has 0 radical (unpaired) electrons. The van der Waals surface area contributed by atoms with Gasteiger partial charge in [0.2, 0.25) is 5.91 Å². The normalized spacial score (nSPS) is 13.4. The highest BCUT2D eigenvalue weighted by Crippen LogP contribution is 2.21. The molecule has 0 saturated heterocycles. The maximum absolute atomic E-state index is 11.9. The Morgan fingerprint density at radius 3 is 2.71 bits per heavy atom. The van der Waals surface area contributed by atoms with Crippen LogP contribution in [0.15, 0.2) is 17.5 Å². The minimum atomic E-state index is -0.0339. The summed E-state index contributed by atoms with van der Waals surface area (Å²) in [6.45, 7) is 6.30. The molecule has 96 valence electrons. The topological polar surface area (TPSA) is 49.3 Å². The van der Waals surface area contributed by atoms with Gasteiger partial charge in [-0.05, 0) is 23.3 Å². The van der Waals surface area contributed by atoms with Gasteiger partial charge >= 0.3 is 0 Å². The van der Waals surface area contributed by atoms with E-state index in [1.807, 2.05) is 17.5 Å².